The molecule has 0 spiro atoms. The molecule has 1 aliphatic rings. The van der Waals surface area contributed by atoms with E-state index in [1.54, 1.807) is 6.20 Å². The molecular weight excluding hydrogens is 276 g/mol. The summed E-state index contributed by atoms with van der Waals surface area (Å²) < 4.78 is 1.97. The molecule has 5 heteroatoms. The van der Waals surface area contributed by atoms with Crippen LogP contribution in [0.25, 0.3) is 0 Å². The summed E-state index contributed by atoms with van der Waals surface area (Å²) in [4.78, 5) is 6.70. The summed E-state index contributed by atoms with van der Waals surface area (Å²) >= 11 is 0. The number of hydrogen-bond acceptors (Lipinski definition) is 4. The van der Waals surface area contributed by atoms with Gasteiger partial charge in [-0.15, -0.1) is 0 Å². The maximum atomic E-state index is 10.5. The number of pyridine rings is 1. The zero-order valence-electron chi connectivity index (χ0n) is 13.1. The van der Waals surface area contributed by atoms with Gasteiger partial charge < -0.3 is 5.11 Å². The van der Waals surface area contributed by atoms with E-state index in [0.717, 1.165) is 50.4 Å². The fraction of sp³-hybridized carbons (Fsp3) is 0.529. The van der Waals surface area contributed by atoms with Gasteiger partial charge in [-0.1, -0.05) is 6.07 Å². The second kappa shape index (κ2) is 7.03. The first-order valence-corrected chi connectivity index (χ1v) is 8.10. The highest BCUT2D eigenvalue weighted by Crippen LogP contribution is 2.29. The molecule has 0 aromatic carbocycles. The van der Waals surface area contributed by atoms with E-state index in [-0.39, 0.29) is 0 Å². The van der Waals surface area contributed by atoms with Crippen LogP contribution in [-0.4, -0.2) is 37.9 Å². The first-order valence-electron chi connectivity index (χ1n) is 8.10. The molecule has 0 saturated carbocycles. The van der Waals surface area contributed by atoms with Crippen molar-refractivity contribution in [2.75, 3.05) is 13.1 Å². The minimum atomic E-state index is -0.442. The average Bonchev–Trinajstić information content (AvgIpc) is 3.03. The van der Waals surface area contributed by atoms with E-state index in [1.165, 1.54) is 0 Å². The van der Waals surface area contributed by atoms with Gasteiger partial charge >= 0.3 is 0 Å². The smallest absolute Gasteiger partial charge is 0.0988 e. The summed E-state index contributed by atoms with van der Waals surface area (Å²) in [5.74, 6) is 0.305. The van der Waals surface area contributed by atoms with Gasteiger partial charge in [0.15, 0.2) is 0 Å². The van der Waals surface area contributed by atoms with Crippen LogP contribution in [0.3, 0.4) is 0 Å². The number of piperidine rings is 1. The minimum Gasteiger partial charge on any atom is -0.387 e. The number of aliphatic hydroxyl groups is 1. The third-order valence-corrected chi connectivity index (χ3v) is 4.48. The van der Waals surface area contributed by atoms with Crippen molar-refractivity contribution in [3.05, 3.63) is 48.0 Å². The molecule has 1 atom stereocenters. The topological polar surface area (TPSA) is 54.2 Å². The summed E-state index contributed by atoms with van der Waals surface area (Å²) in [5, 5.41) is 15.0. The highest BCUT2D eigenvalue weighted by atomic mass is 16.3. The molecule has 5 nitrogen and oxygen atoms in total. The van der Waals surface area contributed by atoms with Crippen molar-refractivity contribution in [1.82, 2.24) is 19.7 Å². The average molecular weight is 300 g/mol. The molecule has 0 radical (unpaired) electrons. The normalized spacial score (nSPS) is 18.5. The summed E-state index contributed by atoms with van der Waals surface area (Å²) in [6, 6.07) is 7.83. The Kier molecular flexibility index (Phi) is 4.85. The molecule has 1 aliphatic heterocycles. The quantitative estimate of drug-likeness (QED) is 0.920. The zero-order chi connectivity index (χ0) is 15.4. The van der Waals surface area contributed by atoms with Gasteiger partial charge in [0.2, 0.25) is 0 Å². The summed E-state index contributed by atoms with van der Waals surface area (Å²) in [5.41, 5.74) is 1.92. The maximum absolute atomic E-state index is 10.5. The van der Waals surface area contributed by atoms with Gasteiger partial charge in [0, 0.05) is 25.5 Å². The lowest BCUT2D eigenvalue weighted by molar-refractivity contribution is 0.0536. The second-order valence-corrected chi connectivity index (χ2v) is 5.98. The Bertz CT molecular complexity index is 575. The molecule has 118 valence electrons. The van der Waals surface area contributed by atoms with E-state index in [1.807, 2.05) is 29.1 Å². The number of aliphatic hydroxyl groups excluding tert-OH is 1. The molecule has 2 aromatic rings. The van der Waals surface area contributed by atoms with Gasteiger partial charge in [-0.3, -0.25) is 14.6 Å². The van der Waals surface area contributed by atoms with Crippen LogP contribution < -0.4 is 0 Å². The predicted molar refractivity (Wildman–Crippen MR) is 85.1 cm³/mol. The van der Waals surface area contributed by atoms with Crippen molar-refractivity contribution < 1.29 is 5.11 Å². The Morgan fingerprint density at radius 3 is 2.73 bits per heavy atom. The highest BCUT2D eigenvalue weighted by Gasteiger charge is 2.27. The van der Waals surface area contributed by atoms with Crippen LogP contribution in [0.1, 0.15) is 37.3 Å². The molecule has 1 N–H and O–H groups in total. The van der Waals surface area contributed by atoms with Crippen LogP contribution in [0.2, 0.25) is 0 Å². The number of nitrogens with zero attached hydrogens (tertiary/aromatic N) is 4. The third-order valence-electron chi connectivity index (χ3n) is 4.48. The molecule has 3 rings (SSSR count). The molecular formula is C17H24N4O. The Morgan fingerprint density at radius 2 is 2.09 bits per heavy atom. The maximum Gasteiger partial charge on any atom is 0.0988 e. The SMILES string of the molecule is CCn1ccc(CN2CCC([C@H](O)c3ccccn3)CC2)n1. The number of hydrogen-bond donors (Lipinski definition) is 1. The van der Waals surface area contributed by atoms with Crippen molar-refractivity contribution >= 4 is 0 Å². The monoisotopic (exact) mass is 300 g/mol. The Morgan fingerprint density at radius 1 is 1.27 bits per heavy atom. The van der Waals surface area contributed by atoms with Gasteiger partial charge in [0.05, 0.1) is 17.5 Å². The molecule has 0 bridgehead atoms. The van der Waals surface area contributed by atoms with Crippen molar-refractivity contribution in [2.24, 2.45) is 5.92 Å². The van der Waals surface area contributed by atoms with Gasteiger partial charge in [-0.2, -0.15) is 5.10 Å². The molecule has 22 heavy (non-hydrogen) atoms. The third kappa shape index (κ3) is 3.54. The molecule has 0 amide bonds. The van der Waals surface area contributed by atoms with Gasteiger partial charge in [-0.05, 0) is 57.0 Å². The summed E-state index contributed by atoms with van der Waals surface area (Å²) in [6.07, 6.45) is 5.35. The van der Waals surface area contributed by atoms with Gasteiger partial charge in [0.1, 0.15) is 0 Å². The van der Waals surface area contributed by atoms with Crippen LogP contribution in [0.5, 0.6) is 0 Å². The lowest BCUT2D eigenvalue weighted by atomic mass is 9.89. The van der Waals surface area contributed by atoms with Crippen LogP contribution in [0.15, 0.2) is 36.7 Å². The van der Waals surface area contributed by atoms with E-state index in [2.05, 4.69) is 28.0 Å². The summed E-state index contributed by atoms with van der Waals surface area (Å²) in [7, 11) is 0. The summed E-state index contributed by atoms with van der Waals surface area (Å²) in [6.45, 7) is 5.93. The van der Waals surface area contributed by atoms with E-state index in [0.29, 0.717) is 5.92 Å². The Labute approximate surface area is 131 Å². The highest BCUT2D eigenvalue weighted by molar-refractivity contribution is 5.08. The standard InChI is InChI=1S/C17H24N4O/c1-2-21-12-8-15(19-21)13-20-10-6-14(7-11-20)17(22)16-5-3-4-9-18-16/h3-5,8-9,12,14,17,22H,2,6-7,10-11,13H2,1H3/t17-/m0/s1. The van der Waals surface area contributed by atoms with Crippen LogP contribution in [0.4, 0.5) is 0 Å². The van der Waals surface area contributed by atoms with Crippen molar-refractivity contribution in [2.45, 2.75) is 39.0 Å². The number of aryl methyl sites for hydroxylation is 1. The van der Waals surface area contributed by atoms with Crippen molar-refractivity contribution in [3.63, 3.8) is 0 Å². The van der Waals surface area contributed by atoms with E-state index < -0.39 is 6.10 Å². The van der Waals surface area contributed by atoms with Gasteiger partial charge in [-0.25, -0.2) is 0 Å². The lowest BCUT2D eigenvalue weighted by Crippen LogP contribution is -2.35. The van der Waals surface area contributed by atoms with Crippen molar-refractivity contribution in [1.29, 1.82) is 0 Å². The second-order valence-electron chi connectivity index (χ2n) is 5.98. The number of likely N-dealkylation sites (tertiary alicyclic amines) is 1. The molecule has 0 unspecified atom stereocenters. The zero-order valence-corrected chi connectivity index (χ0v) is 13.1. The number of aromatic nitrogens is 3. The van der Waals surface area contributed by atoms with E-state index in [4.69, 9.17) is 0 Å². The van der Waals surface area contributed by atoms with Crippen LogP contribution in [-0.2, 0) is 13.1 Å². The van der Waals surface area contributed by atoms with Crippen molar-refractivity contribution in [3.8, 4) is 0 Å². The Hall–Kier alpha value is -1.72. The minimum absolute atomic E-state index is 0.305. The molecule has 1 saturated heterocycles. The molecule has 2 aromatic heterocycles. The first-order chi connectivity index (χ1) is 10.8. The van der Waals surface area contributed by atoms with E-state index in [9.17, 15) is 5.11 Å². The predicted octanol–water partition coefficient (Wildman–Crippen LogP) is 2.24. The van der Waals surface area contributed by atoms with E-state index >= 15 is 0 Å². The fourth-order valence-electron chi connectivity index (χ4n) is 3.11. The van der Waals surface area contributed by atoms with Crippen LogP contribution >= 0.6 is 0 Å². The van der Waals surface area contributed by atoms with Gasteiger partial charge in [0.25, 0.3) is 0 Å². The first kappa shape index (κ1) is 15.2. The Balaban J connectivity index is 1.52. The fourth-order valence-corrected chi connectivity index (χ4v) is 3.11. The lowest BCUT2D eigenvalue weighted by Gasteiger charge is -2.33. The number of rotatable bonds is 5. The largest absolute Gasteiger partial charge is 0.387 e. The molecule has 0 aliphatic carbocycles. The molecule has 1 fully saturated rings. The molecule has 3 heterocycles. The van der Waals surface area contributed by atoms with Crippen LogP contribution in [0, 0.1) is 5.92 Å².